The van der Waals surface area contributed by atoms with E-state index in [2.05, 4.69) is 10.1 Å². The fourth-order valence-corrected chi connectivity index (χ4v) is 1.24. The highest BCUT2D eigenvalue weighted by molar-refractivity contribution is 5.96. The first-order valence-corrected chi connectivity index (χ1v) is 4.92. The Bertz CT molecular complexity index is 394. The van der Waals surface area contributed by atoms with Crippen LogP contribution in [0.15, 0.2) is 12.1 Å². The lowest BCUT2D eigenvalue weighted by molar-refractivity contribution is 0.0949. The predicted octanol–water partition coefficient (Wildman–Crippen LogP) is 2.11. The zero-order chi connectivity index (χ0) is 12.1. The van der Waals surface area contributed by atoms with E-state index in [-0.39, 0.29) is 11.3 Å². The number of amides is 1. The van der Waals surface area contributed by atoms with Gasteiger partial charge in [-0.15, -0.1) is 0 Å². The first-order chi connectivity index (χ1) is 7.61. The summed E-state index contributed by atoms with van der Waals surface area (Å²) < 4.78 is 30.8. The summed E-state index contributed by atoms with van der Waals surface area (Å²) in [5.74, 6) is -3.03. The van der Waals surface area contributed by atoms with Crippen molar-refractivity contribution in [2.75, 3.05) is 13.7 Å². The smallest absolute Gasteiger partial charge is 0.255 e. The largest absolute Gasteiger partial charge is 0.493 e. The molecule has 0 heterocycles. The molecule has 88 valence electrons. The Morgan fingerprint density at radius 1 is 1.44 bits per heavy atom. The van der Waals surface area contributed by atoms with Gasteiger partial charge in [-0.05, 0) is 18.6 Å². The number of ether oxygens (including phenoxy) is 1. The molecule has 0 aromatic heterocycles. The molecule has 1 amide bonds. The van der Waals surface area contributed by atoms with E-state index in [0.29, 0.717) is 6.54 Å². The van der Waals surface area contributed by atoms with Gasteiger partial charge in [0.2, 0.25) is 5.82 Å². The molecule has 1 aromatic carbocycles. The number of methoxy groups -OCH3 is 1. The van der Waals surface area contributed by atoms with Crippen molar-refractivity contribution < 1.29 is 18.3 Å². The summed E-state index contributed by atoms with van der Waals surface area (Å²) in [6, 6.07) is 2.10. The Morgan fingerprint density at radius 3 is 2.69 bits per heavy atom. The molecule has 0 saturated heterocycles. The van der Waals surface area contributed by atoms with Gasteiger partial charge in [0, 0.05) is 6.54 Å². The van der Waals surface area contributed by atoms with Gasteiger partial charge in [0.15, 0.2) is 11.6 Å². The first kappa shape index (κ1) is 12.4. The average Bonchev–Trinajstić information content (AvgIpc) is 2.29. The van der Waals surface area contributed by atoms with Gasteiger partial charge < -0.3 is 10.1 Å². The summed E-state index contributed by atoms with van der Waals surface area (Å²) in [6.07, 6.45) is 0.762. The molecule has 0 bridgehead atoms. The summed E-state index contributed by atoms with van der Waals surface area (Å²) in [5, 5.41) is 2.56. The maximum Gasteiger partial charge on any atom is 0.255 e. The fraction of sp³-hybridized carbons (Fsp3) is 0.364. The Kier molecular flexibility index (Phi) is 4.22. The monoisotopic (exact) mass is 229 g/mol. The second-order valence-electron chi connectivity index (χ2n) is 3.20. The van der Waals surface area contributed by atoms with Crippen molar-refractivity contribution in [1.29, 1.82) is 0 Å². The highest BCUT2D eigenvalue weighted by Gasteiger charge is 2.18. The third-order valence-corrected chi connectivity index (χ3v) is 2.03. The molecule has 0 unspecified atom stereocenters. The minimum absolute atomic E-state index is 0.00477. The van der Waals surface area contributed by atoms with E-state index >= 15 is 0 Å². The number of rotatable bonds is 4. The van der Waals surface area contributed by atoms with E-state index in [4.69, 9.17) is 0 Å². The van der Waals surface area contributed by atoms with Crippen molar-refractivity contribution in [3.63, 3.8) is 0 Å². The van der Waals surface area contributed by atoms with Crippen molar-refractivity contribution in [3.8, 4) is 5.75 Å². The van der Waals surface area contributed by atoms with Crippen LogP contribution in [0.3, 0.4) is 0 Å². The second-order valence-corrected chi connectivity index (χ2v) is 3.20. The highest BCUT2D eigenvalue weighted by atomic mass is 19.2. The molecule has 5 heteroatoms. The topological polar surface area (TPSA) is 38.3 Å². The lowest BCUT2D eigenvalue weighted by Crippen LogP contribution is -2.24. The molecule has 0 saturated carbocycles. The van der Waals surface area contributed by atoms with Crippen LogP contribution in [0.4, 0.5) is 8.78 Å². The normalized spacial score (nSPS) is 10.0. The molecule has 0 radical (unpaired) electrons. The predicted molar refractivity (Wildman–Crippen MR) is 55.5 cm³/mol. The van der Waals surface area contributed by atoms with Gasteiger partial charge in [0.05, 0.1) is 12.7 Å². The van der Waals surface area contributed by atoms with Crippen LogP contribution in [-0.2, 0) is 0 Å². The number of benzene rings is 1. The second kappa shape index (κ2) is 5.44. The molecular formula is C11H13F2NO2. The number of carbonyl (C=O) groups excluding carboxylic acids is 1. The van der Waals surface area contributed by atoms with Crippen molar-refractivity contribution in [2.24, 2.45) is 0 Å². The third kappa shape index (κ3) is 2.48. The Morgan fingerprint density at radius 2 is 2.12 bits per heavy atom. The van der Waals surface area contributed by atoms with Crippen molar-refractivity contribution in [1.82, 2.24) is 5.32 Å². The van der Waals surface area contributed by atoms with Gasteiger partial charge in [0.1, 0.15) is 0 Å². The highest BCUT2D eigenvalue weighted by Crippen LogP contribution is 2.24. The summed E-state index contributed by atoms with van der Waals surface area (Å²) in [7, 11) is 1.19. The lowest BCUT2D eigenvalue weighted by atomic mass is 10.1. The SMILES string of the molecule is CCCNC(=O)c1ccc(F)c(F)c1OC. The van der Waals surface area contributed by atoms with E-state index in [1.54, 1.807) is 0 Å². The molecule has 0 aliphatic heterocycles. The zero-order valence-corrected chi connectivity index (χ0v) is 9.14. The van der Waals surface area contributed by atoms with Gasteiger partial charge in [0.25, 0.3) is 5.91 Å². The van der Waals surface area contributed by atoms with Crippen LogP contribution in [0.1, 0.15) is 23.7 Å². The number of hydrogen-bond donors (Lipinski definition) is 1. The minimum atomic E-state index is -1.15. The molecule has 0 aliphatic carbocycles. The number of halogens is 2. The van der Waals surface area contributed by atoms with E-state index in [1.807, 2.05) is 6.92 Å². The molecule has 1 N–H and O–H groups in total. The van der Waals surface area contributed by atoms with Crippen molar-refractivity contribution >= 4 is 5.91 Å². The Hall–Kier alpha value is -1.65. The molecule has 1 aromatic rings. The fourth-order valence-electron chi connectivity index (χ4n) is 1.24. The standard InChI is InChI=1S/C11H13F2NO2/c1-3-6-14-11(15)7-4-5-8(12)9(13)10(7)16-2/h4-5H,3,6H2,1-2H3,(H,14,15). The quantitative estimate of drug-likeness (QED) is 0.858. The zero-order valence-electron chi connectivity index (χ0n) is 9.14. The van der Waals surface area contributed by atoms with Gasteiger partial charge in [-0.2, -0.15) is 4.39 Å². The van der Waals surface area contributed by atoms with Crippen molar-refractivity contribution in [3.05, 3.63) is 29.3 Å². The van der Waals surface area contributed by atoms with Gasteiger partial charge >= 0.3 is 0 Å². The lowest BCUT2D eigenvalue weighted by Gasteiger charge is -2.09. The molecular weight excluding hydrogens is 216 g/mol. The summed E-state index contributed by atoms with van der Waals surface area (Å²) >= 11 is 0. The number of hydrogen-bond acceptors (Lipinski definition) is 2. The minimum Gasteiger partial charge on any atom is -0.493 e. The van der Waals surface area contributed by atoms with Gasteiger partial charge in [-0.25, -0.2) is 4.39 Å². The van der Waals surface area contributed by atoms with Gasteiger partial charge in [-0.1, -0.05) is 6.92 Å². The Balaban J connectivity index is 3.04. The van der Waals surface area contributed by atoms with Crippen LogP contribution >= 0.6 is 0 Å². The van der Waals surface area contributed by atoms with Crippen LogP contribution in [0, 0.1) is 11.6 Å². The van der Waals surface area contributed by atoms with Crippen LogP contribution in [0.5, 0.6) is 5.75 Å². The van der Waals surface area contributed by atoms with E-state index < -0.39 is 17.5 Å². The number of nitrogens with one attached hydrogen (secondary N) is 1. The first-order valence-electron chi connectivity index (χ1n) is 4.92. The van der Waals surface area contributed by atoms with E-state index in [9.17, 15) is 13.6 Å². The summed E-state index contributed by atoms with van der Waals surface area (Å²) in [6.45, 7) is 2.36. The van der Waals surface area contributed by atoms with E-state index in [0.717, 1.165) is 12.5 Å². The molecule has 0 spiro atoms. The van der Waals surface area contributed by atoms with Crippen LogP contribution < -0.4 is 10.1 Å². The summed E-state index contributed by atoms with van der Waals surface area (Å²) in [4.78, 5) is 11.6. The molecule has 0 aliphatic rings. The van der Waals surface area contributed by atoms with E-state index in [1.165, 1.54) is 13.2 Å². The van der Waals surface area contributed by atoms with Crippen LogP contribution in [0.25, 0.3) is 0 Å². The average molecular weight is 229 g/mol. The van der Waals surface area contributed by atoms with Crippen LogP contribution in [-0.4, -0.2) is 19.6 Å². The maximum atomic E-state index is 13.3. The molecule has 0 fully saturated rings. The number of carbonyl (C=O) groups is 1. The molecule has 3 nitrogen and oxygen atoms in total. The van der Waals surface area contributed by atoms with Gasteiger partial charge in [-0.3, -0.25) is 4.79 Å². The third-order valence-electron chi connectivity index (χ3n) is 2.03. The Labute approximate surface area is 92.4 Å². The van der Waals surface area contributed by atoms with Crippen LogP contribution in [0.2, 0.25) is 0 Å². The van der Waals surface area contributed by atoms with Crippen molar-refractivity contribution in [2.45, 2.75) is 13.3 Å². The molecule has 16 heavy (non-hydrogen) atoms. The molecule has 1 rings (SSSR count). The maximum absolute atomic E-state index is 13.3. The molecule has 0 atom stereocenters. The summed E-state index contributed by atoms with van der Waals surface area (Å²) in [5.41, 5.74) is -0.00477.